The second-order valence-corrected chi connectivity index (χ2v) is 6.68. The molecule has 1 aliphatic rings. The van der Waals surface area contributed by atoms with Crippen LogP contribution in [0.1, 0.15) is 25.3 Å². The topological polar surface area (TPSA) is 107 Å². The molecular weight excluding hydrogens is 360 g/mol. The van der Waals surface area contributed by atoms with Crippen molar-refractivity contribution < 1.29 is 19.0 Å². The smallest absolute Gasteiger partial charge is 0.255 e. The second-order valence-electron chi connectivity index (χ2n) is 6.68. The number of ether oxygens (including phenoxy) is 3. The zero-order valence-corrected chi connectivity index (χ0v) is 16.6. The number of hydrogen-bond donors (Lipinski definition) is 3. The molecule has 1 heterocycles. The lowest BCUT2D eigenvalue weighted by Gasteiger charge is -2.12. The van der Waals surface area contributed by atoms with Crippen LogP contribution in [0.4, 0.5) is 0 Å². The molecule has 0 radical (unpaired) electrons. The summed E-state index contributed by atoms with van der Waals surface area (Å²) in [4.78, 5) is 15.4. The van der Waals surface area contributed by atoms with E-state index >= 15 is 0 Å². The monoisotopic (exact) mass is 392 g/mol. The zero-order chi connectivity index (χ0) is 20.0. The van der Waals surface area contributed by atoms with Crippen molar-refractivity contribution >= 4 is 11.9 Å². The number of carbonyl (C=O) groups excluding carboxylic acids is 1. The fourth-order valence-corrected chi connectivity index (χ4v) is 2.75. The van der Waals surface area contributed by atoms with Crippen LogP contribution in [0.15, 0.2) is 29.3 Å². The van der Waals surface area contributed by atoms with Gasteiger partial charge in [0, 0.05) is 32.2 Å². The van der Waals surface area contributed by atoms with Gasteiger partial charge in [-0.3, -0.25) is 4.79 Å². The molecule has 156 valence electrons. The van der Waals surface area contributed by atoms with Crippen LogP contribution in [-0.4, -0.2) is 58.0 Å². The number of nitrogens with one attached hydrogen (secondary N) is 2. The number of hydrogen-bond acceptors (Lipinski definition) is 5. The first kappa shape index (κ1) is 22.0. The maximum absolute atomic E-state index is 10.8. The highest BCUT2D eigenvalue weighted by Gasteiger charge is 2.15. The summed E-state index contributed by atoms with van der Waals surface area (Å²) in [7, 11) is 0. The molecule has 1 fully saturated rings. The fourth-order valence-electron chi connectivity index (χ4n) is 2.75. The summed E-state index contributed by atoms with van der Waals surface area (Å²) >= 11 is 0. The molecule has 1 aliphatic heterocycles. The molecule has 1 saturated heterocycles. The predicted molar refractivity (Wildman–Crippen MR) is 108 cm³/mol. The van der Waals surface area contributed by atoms with Crippen LogP contribution in [-0.2, 0) is 20.8 Å². The summed E-state index contributed by atoms with van der Waals surface area (Å²) in [5.74, 6) is 1.42. The van der Waals surface area contributed by atoms with E-state index in [2.05, 4.69) is 15.6 Å². The summed E-state index contributed by atoms with van der Waals surface area (Å²) in [5, 5.41) is 6.55. The second kappa shape index (κ2) is 13.0. The molecule has 4 N–H and O–H groups in total. The van der Waals surface area contributed by atoms with E-state index in [0.29, 0.717) is 18.2 Å². The van der Waals surface area contributed by atoms with Crippen molar-refractivity contribution in [2.45, 2.75) is 26.3 Å². The minimum absolute atomic E-state index is 0.132. The van der Waals surface area contributed by atoms with Crippen molar-refractivity contribution in [3.05, 3.63) is 29.8 Å². The van der Waals surface area contributed by atoms with E-state index in [-0.39, 0.29) is 6.61 Å². The van der Waals surface area contributed by atoms with Gasteiger partial charge in [-0.05, 0) is 37.5 Å². The Morgan fingerprint density at radius 3 is 3.04 bits per heavy atom. The Hall–Kier alpha value is -2.32. The molecule has 0 aliphatic carbocycles. The molecule has 8 heteroatoms. The largest absolute Gasteiger partial charge is 0.484 e. The normalized spacial score (nSPS) is 16.8. The quantitative estimate of drug-likeness (QED) is 0.279. The lowest BCUT2D eigenvalue weighted by atomic mass is 10.1. The number of guanidine groups is 1. The standard InChI is InChI=1S/C20H32N4O4/c1-2-22-20(23-8-4-9-26-13-17-7-10-27-14-17)24-12-16-5-3-6-18(11-16)28-15-19(21)25/h3,5-6,11,17H,2,4,7-10,12-15H2,1H3,(H2,21,25)(H2,22,23,24). The number of nitrogens with zero attached hydrogens (tertiary/aromatic N) is 1. The van der Waals surface area contributed by atoms with Crippen LogP contribution in [0.5, 0.6) is 5.75 Å². The first-order chi connectivity index (χ1) is 13.7. The van der Waals surface area contributed by atoms with Gasteiger partial charge in [0.05, 0.1) is 19.8 Å². The van der Waals surface area contributed by atoms with Gasteiger partial charge in [-0.25, -0.2) is 4.99 Å². The van der Waals surface area contributed by atoms with Crippen LogP contribution in [0, 0.1) is 5.92 Å². The van der Waals surface area contributed by atoms with Crippen molar-refractivity contribution in [2.24, 2.45) is 16.6 Å². The predicted octanol–water partition coefficient (Wildman–Crippen LogP) is 1.05. The van der Waals surface area contributed by atoms with Crippen molar-refractivity contribution in [1.29, 1.82) is 0 Å². The van der Waals surface area contributed by atoms with Crippen molar-refractivity contribution in [3.63, 3.8) is 0 Å². The van der Waals surface area contributed by atoms with E-state index in [1.165, 1.54) is 0 Å². The number of carbonyl (C=O) groups is 1. The van der Waals surface area contributed by atoms with Crippen molar-refractivity contribution in [3.8, 4) is 5.75 Å². The number of aliphatic imine (C=N–C) groups is 1. The van der Waals surface area contributed by atoms with Gasteiger partial charge in [-0.1, -0.05) is 12.1 Å². The third-order valence-corrected chi connectivity index (χ3v) is 4.18. The van der Waals surface area contributed by atoms with E-state index in [1.807, 2.05) is 25.1 Å². The Morgan fingerprint density at radius 2 is 2.29 bits per heavy atom. The summed E-state index contributed by atoms with van der Waals surface area (Å²) < 4.78 is 16.4. The number of rotatable bonds is 12. The number of benzene rings is 1. The van der Waals surface area contributed by atoms with Crippen LogP contribution < -0.4 is 21.1 Å². The average molecular weight is 393 g/mol. The SMILES string of the molecule is CCNC(=NCc1cccc(OCC(N)=O)c1)NCCCOCC1CCOC1. The van der Waals surface area contributed by atoms with Gasteiger partial charge in [-0.2, -0.15) is 0 Å². The third kappa shape index (κ3) is 9.05. The van der Waals surface area contributed by atoms with Crippen LogP contribution in [0.2, 0.25) is 0 Å². The van der Waals surface area contributed by atoms with Gasteiger partial charge in [0.1, 0.15) is 5.75 Å². The molecule has 8 nitrogen and oxygen atoms in total. The van der Waals surface area contributed by atoms with Crippen LogP contribution in [0.25, 0.3) is 0 Å². The summed E-state index contributed by atoms with van der Waals surface area (Å²) in [6.45, 7) is 7.16. The lowest BCUT2D eigenvalue weighted by Crippen LogP contribution is -2.38. The Bertz CT molecular complexity index is 618. The highest BCUT2D eigenvalue weighted by atomic mass is 16.5. The molecule has 1 aromatic rings. The Balaban J connectivity index is 1.70. The van der Waals surface area contributed by atoms with Crippen LogP contribution >= 0.6 is 0 Å². The van der Waals surface area contributed by atoms with Gasteiger partial charge >= 0.3 is 0 Å². The molecule has 1 unspecified atom stereocenters. The molecule has 1 aromatic carbocycles. The van der Waals surface area contributed by atoms with E-state index in [1.54, 1.807) is 6.07 Å². The first-order valence-corrected chi connectivity index (χ1v) is 9.85. The average Bonchev–Trinajstić information content (AvgIpc) is 3.21. The summed E-state index contributed by atoms with van der Waals surface area (Å²) in [6, 6.07) is 7.48. The molecule has 28 heavy (non-hydrogen) atoms. The Kier molecular flexibility index (Phi) is 10.2. The lowest BCUT2D eigenvalue weighted by molar-refractivity contribution is -0.119. The number of amides is 1. The summed E-state index contributed by atoms with van der Waals surface area (Å²) in [5.41, 5.74) is 6.09. The van der Waals surface area contributed by atoms with E-state index in [0.717, 1.165) is 63.9 Å². The summed E-state index contributed by atoms with van der Waals surface area (Å²) in [6.07, 6.45) is 2.01. The van der Waals surface area contributed by atoms with Gasteiger partial charge in [0.25, 0.3) is 5.91 Å². The molecule has 0 spiro atoms. The highest BCUT2D eigenvalue weighted by Crippen LogP contribution is 2.14. The first-order valence-electron chi connectivity index (χ1n) is 9.85. The molecule has 0 aromatic heterocycles. The van der Waals surface area contributed by atoms with Crippen molar-refractivity contribution in [2.75, 3.05) is 46.1 Å². The molecule has 2 rings (SSSR count). The highest BCUT2D eigenvalue weighted by molar-refractivity contribution is 5.79. The minimum atomic E-state index is -0.498. The fraction of sp³-hybridized carbons (Fsp3) is 0.600. The molecule has 1 atom stereocenters. The number of nitrogens with two attached hydrogens (primary N) is 1. The van der Waals surface area contributed by atoms with Gasteiger partial charge in [0.2, 0.25) is 0 Å². The van der Waals surface area contributed by atoms with Crippen molar-refractivity contribution in [1.82, 2.24) is 10.6 Å². The maximum atomic E-state index is 10.8. The van der Waals surface area contributed by atoms with Gasteiger partial charge in [-0.15, -0.1) is 0 Å². The molecular formula is C20H32N4O4. The van der Waals surface area contributed by atoms with Gasteiger partial charge < -0.3 is 30.6 Å². The Labute approximate surface area is 166 Å². The Morgan fingerprint density at radius 1 is 1.39 bits per heavy atom. The molecule has 0 bridgehead atoms. The van der Waals surface area contributed by atoms with E-state index in [9.17, 15) is 4.79 Å². The molecule has 1 amide bonds. The minimum Gasteiger partial charge on any atom is -0.484 e. The molecule has 0 saturated carbocycles. The zero-order valence-electron chi connectivity index (χ0n) is 16.6. The third-order valence-electron chi connectivity index (χ3n) is 4.18. The van der Waals surface area contributed by atoms with E-state index < -0.39 is 5.91 Å². The number of primary amides is 1. The van der Waals surface area contributed by atoms with Gasteiger partial charge in [0.15, 0.2) is 12.6 Å². The van der Waals surface area contributed by atoms with E-state index in [4.69, 9.17) is 19.9 Å². The van der Waals surface area contributed by atoms with Crippen LogP contribution in [0.3, 0.4) is 0 Å². The maximum Gasteiger partial charge on any atom is 0.255 e.